The molecule has 0 N–H and O–H groups in total. The average molecular weight is 340 g/mol. The molecule has 1 aliphatic rings. The molecule has 1 aliphatic heterocycles. The van der Waals surface area contributed by atoms with Crippen LogP contribution in [0.25, 0.3) is 0 Å². The van der Waals surface area contributed by atoms with Gasteiger partial charge in [0.2, 0.25) is 0 Å². The van der Waals surface area contributed by atoms with Gasteiger partial charge in [0.25, 0.3) is 5.91 Å². The molecule has 0 atom stereocenters. The Bertz CT molecular complexity index is 759. The molecule has 132 valence electrons. The number of carbonyl (C=O) groups is 1. The maximum Gasteiger partial charge on any atom is 0.254 e. The van der Waals surface area contributed by atoms with Crippen molar-refractivity contribution in [3.63, 3.8) is 0 Å². The minimum Gasteiger partial charge on any atom is -0.337 e. The highest BCUT2D eigenvalue weighted by molar-refractivity contribution is 5.94. The van der Waals surface area contributed by atoms with Crippen LogP contribution in [0.2, 0.25) is 0 Å². The first-order chi connectivity index (χ1) is 12.0. The maximum absolute atomic E-state index is 13.4. The number of amides is 1. The van der Waals surface area contributed by atoms with Gasteiger partial charge in [0, 0.05) is 38.3 Å². The summed E-state index contributed by atoms with van der Waals surface area (Å²) >= 11 is 0. The fourth-order valence-corrected chi connectivity index (χ4v) is 3.35. The molecule has 2 aromatic rings. The normalized spacial score (nSPS) is 15.9. The third-order valence-electron chi connectivity index (χ3n) is 4.85. The lowest BCUT2D eigenvalue weighted by atomic mass is 10.1. The van der Waals surface area contributed by atoms with Crippen LogP contribution in [0.15, 0.2) is 42.5 Å². The summed E-state index contributed by atoms with van der Waals surface area (Å²) < 4.78 is 13.4. The molecule has 25 heavy (non-hydrogen) atoms. The van der Waals surface area contributed by atoms with Gasteiger partial charge in [-0.1, -0.05) is 29.8 Å². The summed E-state index contributed by atoms with van der Waals surface area (Å²) in [6, 6.07) is 12.5. The molecule has 0 aromatic heterocycles. The highest BCUT2D eigenvalue weighted by atomic mass is 19.1. The van der Waals surface area contributed by atoms with E-state index in [0.29, 0.717) is 12.1 Å². The molecule has 3 rings (SSSR count). The van der Waals surface area contributed by atoms with Gasteiger partial charge < -0.3 is 4.90 Å². The monoisotopic (exact) mass is 340 g/mol. The number of aryl methyl sites for hydroxylation is 2. The van der Waals surface area contributed by atoms with Crippen molar-refractivity contribution < 1.29 is 9.18 Å². The van der Waals surface area contributed by atoms with Crippen molar-refractivity contribution in [1.82, 2.24) is 9.80 Å². The minimum absolute atomic E-state index is 0.0758. The lowest BCUT2D eigenvalue weighted by Crippen LogP contribution is -2.35. The van der Waals surface area contributed by atoms with E-state index in [4.69, 9.17) is 0 Å². The molecule has 0 bridgehead atoms. The minimum atomic E-state index is -0.364. The van der Waals surface area contributed by atoms with Gasteiger partial charge in [0.05, 0.1) is 0 Å². The van der Waals surface area contributed by atoms with Gasteiger partial charge in [-0.2, -0.15) is 0 Å². The number of halogens is 1. The third kappa shape index (κ3) is 4.45. The SMILES string of the molecule is Cc1ccc(C)c(CN2CCCN(C(=O)c3cccc(F)c3)CC2)c1. The second-order valence-corrected chi connectivity index (χ2v) is 6.86. The van der Waals surface area contributed by atoms with Gasteiger partial charge in [-0.15, -0.1) is 0 Å². The molecule has 3 nitrogen and oxygen atoms in total. The number of benzene rings is 2. The Hall–Kier alpha value is -2.20. The van der Waals surface area contributed by atoms with Crippen molar-refractivity contribution >= 4 is 5.91 Å². The molecule has 1 fully saturated rings. The largest absolute Gasteiger partial charge is 0.337 e. The second-order valence-electron chi connectivity index (χ2n) is 6.86. The van der Waals surface area contributed by atoms with Crippen LogP contribution in [0.1, 0.15) is 33.5 Å². The van der Waals surface area contributed by atoms with E-state index < -0.39 is 0 Å². The average Bonchev–Trinajstić information content (AvgIpc) is 2.83. The number of carbonyl (C=O) groups excluding carboxylic acids is 1. The van der Waals surface area contributed by atoms with E-state index in [2.05, 4.69) is 36.9 Å². The van der Waals surface area contributed by atoms with Gasteiger partial charge in [-0.05, 0) is 49.6 Å². The van der Waals surface area contributed by atoms with Crippen molar-refractivity contribution in [1.29, 1.82) is 0 Å². The molecule has 1 saturated heterocycles. The highest BCUT2D eigenvalue weighted by Crippen LogP contribution is 2.16. The first-order valence-corrected chi connectivity index (χ1v) is 8.86. The fraction of sp³-hybridized carbons (Fsp3) is 0.381. The number of hydrogen-bond donors (Lipinski definition) is 0. The van der Waals surface area contributed by atoms with Crippen molar-refractivity contribution in [2.24, 2.45) is 0 Å². The third-order valence-corrected chi connectivity index (χ3v) is 4.85. The summed E-state index contributed by atoms with van der Waals surface area (Å²) in [5, 5.41) is 0. The molecule has 4 heteroatoms. The Morgan fingerprint density at radius 1 is 1.04 bits per heavy atom. The van der Waals surface area contributed by atoms with Crippen LogP contribution in [-0.4, -0.2) is 41.9 Å². The lowest BCUT2D eigenvalue weighted by Gasteiger charge is -2.23. The summed E-state index contributed by atoms with van der Waals surface area (Å²) in [5.74, 6) is -0.440. The molecule has 1 heterocycles. The van der Waals surface area contributed by atoms with E-state index in [-0.39, 0.29) is 11.7 Å². The summed E-state index contributed by atoms with van der Waals surface area (Å²) in [6.07, 6.45) is 0.936. The zero-order valence-corrected chi connectivity index (χ0v) is 15.0. The van der Waals surface area contributed by atoms with Crippen LogP contribution in [0.3, 0.4) is 0 Å². The quantitative estimate of drug-likeness (QED) is 0.849. The Labute approximate surface area is 149 Å². The Kier molecular flexibility index (Phi) is 5.49. The van der Waals surface area contributed by atoms with Crippen LogP contribution in [0.4, 0.5) is 4.39 Å². The van der Waals surface area contributed by atoms with Crippen molar-refractivity contribution in [3.05, 3.63) is 70.5 Å². The summed E-state index contributed by atoms with van der Waals surface area (Å²) in [4.78, 5) is 16.9. The highest BCUT2D eigenvalue weighted by Gasteiger charge is 2.21. The summed E-state index contributed by atoms with van der Waals surface area (Å²) in [7, 11) is 0. The number of rotatable bonds is 3. The molecule has 0 unspecified atom stereocenters. The van der Waals surface area contributed by atoms with E-state index in [1.54, 1.807) is 12.1 Å². The molecule has 0 saturated carbocycles. The first-order valence-electron chi connectivity index (χ1n) is 8.86. The first kappa shape index (κ1) is 17.6. The van der Waals surface area contributed by atoms with Crippen molar-refractivity contribution in [2.75, 3.05) is 26.2 Å². The van der Waals surface area contributed by atoms with Crippen LogP contribution in [-0.2, 0) is 6.54 Å². The molecule has 0 spiro atoms. The molecule has 1 amide bonds. The number of nitrogens with zero attached hydrogens (tertiary/aromatic N) is 2. The van der Waals surface area contributed by atoms with Gasteiger partial charge in [-0.25, -0.2) is 4.39 Å². The summed E-state index contributed by atoms with van der Waals surface area (Å²) in [6.45, 7) is 8.39. The van der Waals surface area contributed by atoms with Crippen LogP contribution in [0, 0.1) is 19.7 Å². The Balaban J connectivity index is 1.64. The molecule has 0 radical (unpaired) electrons. The standard InChI is InChI=1S/C21H25FN2O/c1-16-7-8-17(2)19(13-16)15-23-9-4-10-24(12-11-23)21(25)18-5-3-6-20(22)14-18/h3,5-8,13-14H,4,9-12,15H2,1-2H3. The topological polar surface area (TPSA) is 23.6 Å². The maximum atomic E-state index is 13.4. The van der Waals surface area contributed by atoms with Gasteiger partial charge >= 0.3 is 0 Å². The van der Waals surface area contributed by atoms with E-state index in [0.717, 1.165) is 32.6 Å². The Morgan fingerprint density at radius 2 is 1.88 bits per heavy atom. The second kappa shape index (κ2) is 7.79. The van der Waals surface area contributed by atoms with Crippen LogP contribution < -0.4 is 0 Å². The lowest BCUT2D eigenvalue weighted by molar-refractivity contribution is 0.0760. The number of hydrogen-bond acceptors (Lipinski definition) is 2. The van der Waals surface area contributed by atoms with Gasteiger partial charge in [0.15, 0.2) is 0 Å². The van der Waals surface area contributed by atoms with E-state index in [1.165, 1.54) is 28.8 Å². The molecular formula is C21H25FN2O. The van der Waals surface area contributed by atoms with E-state index in [9.17, 15) is 9.18 Å². The zero-order chi connectivity index (χ0) is 17.8. The molecular weight excluding hydrogens is 315 g/mol. The van der Waals surface area contributed by atoms with Crippen molar-refractivity contribution in [3.8, 4) is 0 Å². The van der Waals surface area contributed by atoms with E-state index in [1.807, 2.05) is 4.90 Å². The van der Waals surface area contributed by atoms with Gasteiger partial charge in [0.1, 0.15) is 5.82 Å². The fourth-order valence-electron chi connectivity index (χ4n) is 3.35. The van der Waals surface area contributed by atoms with E-state index >= 15 is 0 Å². The zero-order valence-electron chi connectivity index (χ0n) is 15.0. The molecule has 2 aromatic carbocycles. The van der Waals surface area contributed by atoms with Crippen LogP contribution >= 0.6 is 0 Å². The predicted molar refractivity (Wildman–Crippen MR) is 98.1 cm³/mol. The smallest absolute Gasteiger partial charge is 0.254 e. The van der Waals surface area contributed by atoms with Gasteiger partial charge in [-0.3, -0.25) is 9.69 Å². The van der Waals surface area contributed by atoms with Crippen molar-refractivity contribution in [2.45, 2.75) is 26.8 Å². The predicted octanol–water partition coefficient (Wildman–Crippen LogP) is 3.79. The van der Waals surface area contributed by atoms with Crippen LogP contribution in [0.5, 0.6) is 0 Å². The molecule has 0 aliphatic carbocycles. The summed E-state index contributed by atoms with van der Waals surface area (Å²) in [5.41, 5.74) is 4.37. The Morgan fingerprint density at radius 3 is 2.68 bits per heavy atom.